The van der Waals surface area contributed by atoms with Crippen LogP contribution in [0.1, 0.15) is 17.5 Å². The molecule has 1 N–H and O–H groups in total. The highest BCUT2D eigenvalue weighted by atomic mass is 32.2. The zero-order chi connectivity index (χ0) is 14.9. The van der Waals surface area contributed by atoms with Gasteiger partial charge in [-0.25, -0.2) is 4.90 Å². The summed E-state index contributed by atoms with van der Waals surface area (Å²) in [4.78, 5) is 35.9. The number of carbonyl (C=O) groups is 3. The average Bonchev–Trinajstić information content (AvgIpc) is 2.65. The molecule has 1 atom stereocenters. The Labute approximate surface area is 121 Å². The van der Waals surface area contributed by atoms with E-state index in [0.29, 0.717) is 5.69 Å². The van der Waals surface area contributed by atoms with Gasteiger partial charge in [-0.2, -0.15) is 0 Å². The molecule has 1 aromatic carbocycles. The van der Waals surface area contributed by atoms with Crippen LogP contribution in [0, 0.1) is 13.8 Å². The number of thioether (sulfide) groups is 1. The third-order valence-electron chi connectivity index (χ3n) is 3.26. The van der Waals surface area contributed by atoms with Crippen molar-refractivity contribution >= 4 is 35.2 Å². The fourth-order valence-corrected chi connectivity index (χ4v) is 2.89. The first-order chi connectivity index (χ1) is 9.40. The molecule has 20 heavy (non-hydrogen) atoms. The maximum atomic E-state index is 12.2. The normalized spacial score (nSPS) is 18.7. The van der Waals surface area contributed by atoms with E-state index >= 15 is 0 Å². The molecule has 1 aromatic rings. The fourth-order valence-electron chi connectivity index (χ4n) is 2.04. The van der Waals surface area contributed by atoms with Crippen LogP contribution in [0.25, 0.3) is 0 Å². The molecule has 2 amide bonds. The number of aryl methyl sites for hydroxylation is 2. The van der Waals surface area contributed by atoms with E-state index in [1.54, 1.807) is 12.1 Å². The molecule has 2 rings (SSSR count). The average molecular weight is 293 g/mol. The number of rotatable bonds is 4. The molecule has 1 fully saturated rings. The topological polar surface area (TPSA) is 74.7 Å². The lowest BCUT2D eigenvalue weighted by Crippen LogP contribution is -2.31. The number of amides is 2. The second kappa shape index (κ2) is 5.66. The van der Waals surface area contributed by atoms with Gasteiger partial charge in [0.05, 0.1) is 16.7 Å². The van der Waals surface area contributed by atoms with Crippen LogP contribution in [0.5, 0.6) is 0 Å². The molecule has 0 spiro atoms. The molecule has 106 valence electrons. The smallest absolute Gasteiger partial charge is 0.313 e. The maximum absolute atomic E-state index is 12.2. The molecule has 1 aliphatic heterocycles. The van der Waals surface area contributed by atoms with Crippen molar-refractivity contribution in [1.29, 1.82) is 0 Å². The third kappa shape index (κ3) is 2.85. The number of hydrogen-bond acceptors (Lipinski definition) is 4. The Balaban J connectivity index is 2.20. The first-order valence-electron chi connectivity index (χ1n) is 6.17. The highest BCUT2D eigenvalue weighted by Crippen LogP contribution is 2.30. The minimum atomic E-state index is -0.986. The Hall–Kier alpha value is -1.82. The van der Waals surface area contributed by atoms with Crippen molar-refractivity contribution in [1.82, 2.24) is 0 Å². The third-order valence-corrected chi connectivity index (χ3v) is 4.45. The van der Waals surface area contributed by atoms with Crippen LogP contribution >= 0.6 is 11.8 Å². The van der Waals surface area contributed by atoms with Crippen molar-refractivity contribution in [3.63, 3.8) is 0 Å². The molecule has 0 unspecified atom stereocenters. The van der Waals surface area contributed by atoms with Gasteiger partial charge in [0.2, 0.25) is 11.8 Å². The summed E-state index contributed by atoms with van der Waals surface area (Å²) >= 11 is 0.998. The molecule has 1 saturated heterocycles. The van der Waals surface area contributed by atoms with E-state index in [1.807, 2.05) is 19.9 Å². The van der Waals surface area contributed by atoms with Crippen molar-refractivity contribution in [2.24, 2.45) is 0 Å². The summed E-state index contributed by atoms with van der Waals surface area (Å²) in [7, 11) is 0. The minimum absolute atomic E-state index is 0.0592. The second-order valence-electron chi connectivity index (χ2n) is 4.73. The molecule has 5 nitrogen and oxygen atoms in total. The minimum Gasteiger partial charge on any atom is -0.481 e. The largest absolute Gasteiger partial charge is 0.481 e. The van der Waals surface area contributed by atoms with Crippen LogP contribution in [-0.4, -0.2) is 33.9 Å². The van der Waals surface area contributed by atoms with Crippen molar-refractivity contribution < 1.29 is 19.5 Å². The summed E-state index contributed by atoms with van der Waals surface area (Å²) in [5, 5.41) is 8.05. The van der Waals surface area contributed by atoms with Crippen LogP contribution in [0.2, 0.25) is 0 Å². The van der Waals surface area contributed by atoms with Gasteiger partial charge in [0.25, 0.3) is 0 Å². The van der Waals surface area contributed by atoms with Gasteiger partial charge in [0.1, 0.15) is 0 Å². The Morgan fingerprint density at radius 3 is 2.65 bits per heavy atom. The van der Waals surface area contributed by atoms with Crippen molar-refractivity contribution in [2.45, 2.75) is 25.5 Å². The van der Waals surface area contributed by atoms with E-state index in [0.717, 1.165) is 27.8 Å². The number of imide groups is 1. The summed E-state index contributed by atoms with van der Waals surface area (Å²) < 4.78 is 0. The lowest BCUT2D eigenvalue weighted by Gasteiger charge is -2.16. The van der Waals surface area contributed by atoms with Gasteiger partial charge in [-0.05, 0) is 37.1 Å². The summed E-state index contributed by atoms with van der Waals surface area (Å²) in [5.74, 6) is -1.77. The molecule has 1 aliphatic rings. The number of carboxylic acid groups (broad SMARTS) is 1. The fraction of sp³-hybridized carbons (Fsp3) is 0.357. The van der Waals surface area contributed by atoms with Gasteiger partial charge in [0.15, 0.2) is 0 Å². The molecule has 0 aromatic heterocycles. The van der Waals surface area contributed by atoms with Gasteiger partial charge < -0.3 is 5.11 Å². The first-order valence-corrected chi connectivity index (χ1v) is 7.22. The summed E-state index contributed by atoms with van der Waals surface area (Å²) in [6, 6.07) is 5.40. The number of nitrogens with zero attached hydrogens (tertiary/aromatic N) is 1. The molecule has 0 saturated carbocycles. The summed E-state index contributed by atoms with van der Waals surface area (Å²) in [6.07, 6.45) is 0.0592. The molecule has 0 radical (unpaired) electrons. The zero-order valence-electron chi connectivity index (χ0n) is 11.3. The van der Waals surface area contributed by atoms with Crippen molar-refractivity contribution in [2.75, 3.05) is 10.7 Å². The lowest BCUT2D eigenvalue weighted by atomic mass is 10.1. The van der Waals surface area contributed by atoms with Gasteiger partial charge >= 0.3 is 5.97 Å². The maximum Gasteiger partial charge on any atom is 0.313 e. The molecular weight excluding hydrogens is 278 g/mol. The van der Waals surface area contributed by atoms with Gasteiger partial charge in [-0.15, -0.1) is 11.8 Å². The Morgan fingerprint density at radius 2 is 2.05 bits per heavy atom. The number of aliphatic carboxylic acids is 1. The zero-order valence-corrected chi connectivity index (χ0v) is 12.1. The molecule has 0 aliphatic carbocycles. The Morgan fingerprint density at radius 1 is 1.35 bits per heavy atom. The number of hydrogen-bond donors (Lipinski definition) is 1. The standard InChI is InChI=1S/C14H15NO4S/c1-8-3-4-10(5-9(8)2)15-12(16)6-11(14(15)19)20-7-13(17)18/h3-5,11H,6-7H2,1-2H3,(H,17,18)/t11-/m1/s1. The van der Waals surface area contributed by atoms with E-state index < -0.39 is 11.2 Å². The van der Waals surface area contributed by atoms with E-state index in [1.165, 1.54) is 0 Å². The molecule has 6 heteroatoms. The number of carbonyl (C=O) groups excluding carboxylic acids is 2. The summed E-state index contributed by atoms with van der Waals surface area (Å²) in [5.41, 5.74) is 2.65. The van der Waals surface area contributed by atoms with Crippen LogP contribution in [0.3, 0.4) is 0 Å². The van der Waals surface area contributed by atoms with E-state index in [9.17, 15) is 14.4 Å². The number of anilines is 1. The van der Waals surface area contributed by atoms with Gasteiger partial charge in [-0.3, -0.25) is 14.4 Å². The number of carboxylic acids is 1. The van der Waals surface area contributed by atoms with Crippen LogP contribution in [0.15, 0.2) is 18.2 Å². The van der Waals surface area contributed by atoms with E-state index in [4.69, 9.17) is 5.11 Å². The highest BCUT2D eigenvalue weighted by molar-refractivity contribution is 8.01. The van der Waals surface area contributed by atoms with Crippen molar-refractivity contribution in [3.05, 3.63) is 29.3 Å². The quantitative estimate of drug-likeness (QED) is 0.856. The van der Waals surface area contributed by atoms with Crippen molar-refractivity contribution in [3.8, 4) is 0 Å². The monoisotopic (exact) mass is 293 g/mol. The summed E-state index contributed by atoms with van der Waals surface area (Å²) in [6.45, 7) is 3.87. The first kappa shape index (κ1) is 14.6. The second-order valence-corrected chi connectivity index (χ2v) is 5.92. The van der Waals surface area contributed by atoms with Gasteiger partial charge in [-0.1, -0.05) is 6.07 Å². The Kier molecular flexibility index (Phi) is 4.13. The van der Waals surface area contributed by atoms with Gasteiger partial charge in [0, 0.05) is 6.42 Å². The number of benzene rings is 1. The Bertz CT molecular complexity index is 585. The lowest BCUT2D eigenvalue weighted by molar-refractivity contribution is -0.134. The molecule has 0 bridgehead atoms. The van der Waals surface area contributed by atoms with Crippen LogP contribution < -0.4 is 4.90 Å². The van der Waals surface area contributed by atoms with Crippen LogP contribution in [-0.2, 0) is 14.4 Å². The van der Waals surface area contributed by atoms with E-state index in [-0.39, 0.29) is 24.0 Å². The predicted molar refractivity (Wildman–Crippen MR) is 76.9 cm³/mol. The molecular formula is C14H15NO4S. The SMILES string of the molecule is Cc1ccc(N2C(=O)C[C@@H](SCC(=O)O)C2=O)cc1C. The van der Waals surface area contributed by atoms with Crippen LogP contribution in [0.4, 0.5) is 5.69 Å². The van der Waals surface area contributed by atoms with E-state index in [2.05, 4.69) is 0 Å². The molecule has 1 heterocycles. The highest BCUT2D eigenvalue weighted by Gasteiger charge is 2.40. The predicted octanol–water partition coefficient (Wildman–Crippen LogP) is 1.75.